The Kier molecular flexibility index (Phi) is 2.60. The van der Waals surface area contributed by atoms with Crippen molar-refractivity contribution < 1.29 is 0 Å². The lowest BCUT2D eigenvalue weighted by atomic mass is 10.2. The average Bonchev–Trinajstić information content (AvgIpc) is 3.12. The molecule has 0 unspecified atom stereocenters. The quantitative estimate of drug-likeness (QED) is 0.792. The Balaban J connectivity index is 1.77. The number of rotatable bonds is 2. The predicted octanol–water partition coefficient (Wildman–Crippen LogP) is 2.08. The van der Waals surface area contributed by atoms with Crippen LogP contribution in [0.15, 0.2) is 30.6 Å². The Morgan fingerprint density at radius 1 is 1.18 bits per heavy atom. The van der Waals surface area contributed by atoms with E-state index in [1.165, 1.54) is 12.8 Å². The van der Waals surface area contributed by atoms with Gasteiger partial charge in [-0.3, -0.25) is 9.97 Å². The first-order chi connectivity index (χ1) is 8.31. The lowest BCUT2D eigenvalue weighted by molar-refractivity contribution is 0.919. The first-order valence-corrected chi connectivity index (χ1v) is 6.00. The van der Waals surface area contributed by atoms with Crippen LogP contribution in [0, 0.1) is 0 Å². The van der Waals surface area contributed by atoms with Crippen molar-refractivity contribution >= 4 is 34.1 Å². The number of fused-ring (bicyclic) bond motifs is 1. The Bertz CT molecular complexity index is 565. The van der Waals surface area contributed by atoms with Crippen molar-refractivity contribution in [1.82, 2.24) is 15.3 Å². The van der Waals surface area contributed by atoms with Gasteiger partial charge in [0, 0.05) is 24.1 Å². The second-order valence-corrected chi connectivity index (χ2v) is 4.54. The molecule has 1 saturated carbocycles. The van der Waals surface area contributed by atoms with Crippen LogP contribution in [0.2, 0.25) is 0 Å². The highest BCUT2D eigenvalue weighted by Gasteiger charge is 2.21. The van der Waals surface area contributed by atoms with E-state index < -0.39 is 0 Å². The molecule has 0 spiro atoms. The fourth-order valence-electron chi connectivity index (χ4n) is 1.62. The van der Waals surface area contributed by atoms with Crippen LogP contribution >= 0.6 is 12.2 Å². The van der Waals surface area contributed by atoms with Gasteiger partial charge in [0.1, 0.15) is 0 Å². The molecule has 1 aromatic heterocycles. The maximum absolute atomic E-state index is 5.22. The third-order valence-electron chi connectivity index (χ3n) is 2.64. The molecule has 86 valence electrons. The van der Waals surface area contributed by atoms with Gasteiger partial charge in [0.15, 0.2) is 5.11 Å². The number of nitrogens with one attached hydrogen (secondary N) is 2. The van der Waals surface area contributed by atoms with Crippen molar-refractivity contribution in [2.24, 2.45) is 0 Å². The van der Waals surface area contributed by atoms with E-state index in [2.05, 4.69) is 20.6 Å². The van der Waals surface area contributed by atoms with Gasteiger partial charge < -0.3 is 10.6 Å². The molecule has 0 saturated heterocycles. The summed E-state index contributed by atoms with van der Waals surface area (Å²) >= 11 is 5.22. The smallest absolute Gasteiger partial charge is 0.170 e. The van der Waals surface area contributed by atoms with Gasteiger partial charge in [-0.25, -0.2) is 0 Å². The summed E-state index contributed by atoms with van der Waals surface area (Å²) < 4.78 is 0. The summed E-state index contributed by atoms with van der Waals surface area (Å²) in [6.07, 6.45) is 5.80. The predicted molar refractivity (Wildman–Crippen MR) is 71.9 cm³/mol. The minimum Gasteiger partial charge on any atom is -0.360 e. The highest BCUT2D eigenvalue weighted by molar-refractivity contribution is 7.80. The van der Waals surface area contributed by atoms with Crippen molar-refractivity contribution in [1.29, 1.82) is 0 Å². The topological polar surface area (TPSA) is 49.8 Å². The number of benzene rings is 1. The van der Waals surface area contributed by atoms with Gasteiger partial charge in [0.25, 0.3) is 0 Å². The van der Waals surface area contributed by atoms with E-state index >= 15 is 0 Å². The minimum absolute atomic E-state index is 0.565. The molecule has 1 aliphatic carbocycles. The van der Waals surface area contributed by atoms with Gasteiger partial charge in [0.2, 0.25) is 0 Å². The van der Waals surface area contributed by atoms with Crippen LogP contribution in [0.25, 0.3) is 11.0 Å². The second-order valence-electron chi connectivity index (χ2n) is 4.13. The fraction of sp³-hybridized carbons (Fsp3) is 0.250. The molecule has 3 rings (SSSR count). The molecule has 1 heterocycles. The Hall–Kier alpha value is -1.75. The molecule has 0 aliphatic heterocycles. The van der Waals surface area contributed by atoms with Gasteiger partial charge in [-0.1, -0.05) is 0 Å². The lowest BCUT2D eigenvalue weighted by Gasteiger charge is -2.09. The number of nitrogens with zero attached hydrogens (tertiary/aromatic N) is 2. The van der Waals surface area contributed by atoms with Crippen LogP contribution in [-0.2, 0) is 0 Å². The van der Waals surface area contributed by atoms with Gasteiger partial charge in [0.05, 0.1) is 11.0 Å². The number of hydrogen-bond acceptors (Lipinski definition) is 3. The first kappa shape index (κ1) is 10.4. The van der Waals surface area contributed by atoms with Gasteiger partial charge in [-0.15, -0.1) is 0 Å². The Morgan fingerprint density at radius 2 is 1.94 bits per heavy atom. The lowest BCUT2D eigenvalue weighted by Crippen LogP contribution is -2.30. The summed E-state index contributed by atoms with van der Waals surface area (Å²) in [5, 5.41) is 7.07. The SMILES string of the molecule is S=C(Nc1ccc2nccnc2c1)NC1CC1. The zero-order valence-electron chi connectivity index (χ0n) is 9.18. The number of thiocarbonyl (C=S) groups is 1. The van der Waals surface area contributed by atoms with Crippen LogP contribution in [0.3, 0.4) is 0 Å². The standard InChI is InChI=1S/C12H12N4S/c17-12(15-8-1-2-8)16-9-3-4-10-11(7-9)14-6-5-13-10/h3-8H,1-2H2,(H2,15,16,17). The molecule has 4 nitrogen and oxygen atoms in total. The zero-order valence-corrected chi connectivity index (χ0v) is 10.00. The van der Waals surface area contributed by atoms with E-state index in [4.69, 9.17) is 12.2 Å². The van der Waals surface area contributed by atoms with Crippen molar-refractivity contribution in [3.05, 3.63) is 30.6 Å². The molecule has 5 heteroatoms. The maximum atomic E-state index is 5.22. The summed E-state index contributed by atoms with van der Waals surface area (Å²) in [4.78, 5) is 8.48. The molecule has 0 radical (unpaired) electrons. The largest absolute Gasteiger partial charge is 0.360 e. The van der Waals surface area contributed by atoms with E-state index in [-0.39, 0.29) is 0 Å². The van der Waals surface area contributed by atoms with Crippen molar-refractivity contribution in [2.75, 3.05) is 5.32 Å². The van der Waals surface area contributed by atoms with Crippen LogP contribution < -0.4 is 10.6 Å². The monoisotopic (exact) mass is 244 g/mol. The summed E-state index contributed by atoms with van der Waals surface area (Å²) in [6.45, 7) is 0. The molecule has 1 aromatic carbocycles. The normalized spacial score (nSPS) is 14.6. The Labute approximate surface area is 104 Å². The number of anilines is 1. The summed E-state index contributed by atoms with van der Waals surface area (Å²) in [5.74, 6) is 0. The highest BCUT2D eigenvalue weighted by Crippen LogP contribution is 2.19. The summed E-state index contributed by atoms with van der Waals surface area (Å²) in [7, 11) is 0. The van der Waals surface area contributed by atoms with E-state index in [1.807, 2.05) is 18.2 Å². The third kappa shape index (κ3) is 2.50. The molecule has 17 heavy (non-hydrogen) atoms. The van der Waals surface area contributed by atoms with Crippen molar-refractivity contribution in [2.45, 2.75) is 18.9 Å². The maximum Gasteiger partial charge on any atom is 0.170 e. The van der Waals surface area contributed by atoms with Gasteiger partial charge in [-0.05, 0) is 43.3 Å². The van der Waals surface area contributed by atoms with E-state index in [0.29, 0.717) is 11.2 Å². The molecule has 0 amide bonds. The number of hydrogen-bond donors (Lipinski definition) is 2. The van der Waals surface area contributed by atoms with Crippen LogP contribution in [0.1, 0.15) is 12.8 Å². The van der Waals surface area contributed by atoms with Crippen LogP contribution in [0.5, 0.6) is 0 Å². The third-order valence-corrected chi connectivity index (χ3v) is 2.86. The average molecular weight is 244 g/mol. The van der Waals surface area contributed by atoms with E-state index in [0.717, 1.165) is 16.7 Å². The number of aromatic nitrogens is 2. The molecule has 2 N–H and O–H groups in total. The molecule has 2 aromatic rings. The first-order valence-electron chi connectivity index (χ1n) is 5.59. The van der Waals surface area contributed by atoms with Gasteiger partial charge in [-0.2, -0.15) is 0 Å². The van der Waals surface area contributed by atoms with Gasteiger partial charge >= 0.3 is 0 Å². The van der Waals surface area contributed by atoms with E-state index in [9.17, 15) is 0 Å². The molecular formula is C12H12N4S. The molecule has 0 bridgehead atoms. The molecule has 0 atom stereocenters. The van der Waals surface area contributed by atoms with Crippen LogP contribution in [-0.4, -0.2) is 21.1 Å². The molecule has 1 aliphatic rings. The van der Waals surface area contributed by atoms with Crippen molar-refractivity contribution in [3.63, 3.8) is 0 Å². The highest BCUT2D eigenvalue weighted by atomic mass is 32.1. The fourth-order valence-corrected chi connectivity index (χ4v) is 1.91. The van der Waals surface area contributed by atoms with Crippen LogP contribution in [0.4, 0.5) is 5.69 Å². The summed E-state index contributed by atoms with van der Waals surface area (Å²) in [5.41, 5.74) is 2.70. The second kappa shape index (κ2) is 4.25. The Morgan fingerprint density at radius 3 is 2.71 bits per heavy atom. The molecule has 1 fully saturated rings. The molecular weight excluding hydrogens is 232 g/mol. The van der Waals surface area contributed by atoms with E-state index in [1.54, 1.807) is 12.4 Å². The summed E-state index contributed by atoms with van der Waals surface area (Å²) in [6, 6.07) is 6.40. The zero-order chi connectivity index (χ0) is 11.7. The van der Waals surface area contributed by atoms with Crippen molar-refractivity contribution in [3.8, 4) is 0 Å². The minimum atomic E-state index is 0.565.